The summed E-state index contributed by atoms with van der Waals surface area (Å²) in [4.78, 5) is 7.44. The molecule has 1 aromatic heterocycles. The Morgan fingerprint density at radius 2 is 1.95 bits per heavy atom. The smallest absolute Gasteiger partial charge is 0.420 e. The molecule has 0 atom stereocenters. The number of ether oxygens (including phenoxy) is 1. The van der Waals surface area contributed by atoms with Gasteiger partial charge < -0.3 is 10.5 Å². The number of alkyl halides is 3. The summed E-state index contributed by atoms with van der Waals surface area (Å²) in [5, 5.41) is 8.68. The minimum atomic E-state index is -4.68. The van der Waals surface area contributed by atoms with Gasteiger partial charge in [0.2, 0.25) is 0 Å². The topological polar surface area (TPSA) is 84.8 Å². The van der Waals surface area contributed by atoms with Crippen molar-refractivity contribution < 1.29 is 17.9 Å². The van der Waals surface area contributed by atoms with Gasteiger partial charge in [0.15, 0.2) is 0 Å². The first-order valence-electron chi connectivity index (χ1n) is 5.39. The minimum Gasteiger partial charge on any atom is -0.424 e. The third kappa shape index (κ3) is 3.61. The molecule has 0 aliphatic carbocycles. The maximum atomic E-state index is 13.0. The lowest BCUT2D eigenvalue weighted by molar-refractivity contribution is -0.138. The van der Waals surface area contributed by atoms with Crippen LogP contribution < -0.4 is 10.5 Å². The second-order valence-electron chi connectivity index (χ2n) is 3.82. The van der Waals surface area contributed by atoms with Crippen molar-refractivity contribution in [2.75, 3.05) is 5.73 Å². The summed E-state index contributed by atoms with van der Waals surface area (Å²) in [5.74, 6) is -0.479. The highest BCUT2D eigenvalue weighted by Gasteiger charge is 2.35. The van der Waals surface area contributed by atoms with Gasteiger partial charge in [-0.15, -0.1) is 0 Å². The number of hydrogen-bond acceptors (Lipinski definition) is 5. The number of hydrogen-bond donors (Lipinski definition) is 1. The fourth-order valence-corrected chi connectivity index (χ4v) is 1.85. The first-order valence-corrected chi connectivity index (χ1v) is 6.18. The summed E-state index contributed by atoms with van der Waals surface area (Å²) < 4.78 is 44.2. The van der Waals surface area contributed by atoms with Gasteiger partial charge in [0.05, 0.1) is 17.2 Å². The van der Waals surface area contributed by atoms with Crippen molar-refractivity contribution in [1.29, 1.82) is 5.26 Å². The van der Waals surface area contributed by atoms with Gasteiger partial charge in [-0.1, -0.05) is 0 Å². The number of nitrogens with zero attached hydrogens (tertiary/aromatic N) is 3. The fourth-order valence-electron chi connectivity index (χ4n) is 1.47. The highest BCUT2D eigenvalue weighted by molar-refractivity contribution is 9.10. The number of anilines is 1. The zero-order valence-corrected chi connectivity index (χ0v) is 11.7. The van der Waals surface area contributed by atoms with E-state index in [1.54, 1.807) is 6.07 Å². The molecular formula is C12H6BrF3N4O. The Kier molecular flexibility index (Phi) is 3.99. The van der Waals surface area contributed by atoms with E-state index in [-0.39, 0.29) is 22.0 Å². The number of aromatic nitrogens is 2. The van der Waals surface area contributed by atoms with Crippen LogP contribution >= 0.6 is 15.9 Å². The third-order valence-electron chi connectivity index (χ3n) is 2.31. The number of nitrogen functional groups attached to an aromatic ring is 1. The van der Waals surface area contributed by atoms with Crippen LogP contribution in [0.25, 0.3) is 0 Å². The Bertz CT molecular complexity index is 707. The van der Waals surface area contributed by atoms with Crippen LogP contribution in [0.1, 0.15) is 11.1 Å². The van der Waals surface area contributed by atoms with Crippen molar-refractivity contribution in [3.05, 3.63) is 40.0 Å². The molecule has 0 saturated carbocycles. The Morgan fingerprint density at radius 3 is 2.52 bits per heavy atom. The molecule has 108 valence electrons. The lowest BCUT2D eigenvalue weighted by Crippen LogP contribution is -2.08. The maximum absolute atomic E-state index is 13.0. The van der Waals surface area contributed by atoms with Gasteiger partial charge >= 0.3 is 12.2 Å². The molecule has 9 heteroatoms. The van der Waals surface area contributed by atoms with E-state index in [4.69, 9.17) is 15.7 Å². The number of halogens is 4. The quantitative estimate of drug-likeness (QED) is 0.830. The number of benzene rings is 1. The van der Waals surface area contributed by atoms with E-state index in [1.807, 2.05) is 0 Å². The second-order valence-corrected chi connectivity index (χ2v) is 4.63. The van der Waals surface area contributed by atoms with E-state index < -0.39 is 17.5 Å². The summed E-state index contributed by atoms with van der Waals surface area (Å²) >= 11 is 3.03. The maximum Gasteiger partial charge on any atom is 0.420 e. The number of nitrogens with two attached hydrogens (primary N) is 1. The van der Waals surface area contributed by atoms with Gasteiger partial charge in [0, 0.05) is 6.07 Å². The van der Waals surface area contributed by atoms with Crippen LogP contribution in [0, 0.1) is 11.3 Å². The molecule has 0 aliphatic heterocycles. The van der Waals surface area contributed by atoms with Crippen molar-refractivity contribution in [3.8, 4) is 17.8 Å². The number of nitriles is 1. The monoisotopic (exact) mass is 358 g/mol. The summed E-state index contributed by atoms with van der Waals surface area (Å²) in [7, 11) is 0. The van der Waals surface area contributed by atoms with Gasteiger partial charge in [-0.25, -0.2) is 0 Å². The molecule has 0 radical (unpaired) electrons. The van der Waals surface area contributed by atoms with Crippen LogP contribution in [-0.4, -0.2) is 9.97 Å². The fraction of sp³-hybridized carbons (Fsp3) is 0.0833. The average molecular weight is 359 g/mol. The first kappa shape index (κ1) is 15.1. The molecule has 0 spiro atoms. The van der Waals surface area contributed by atoms with E-state index in [2.05, 4.69) is 25.9 Å². The molecule has 2 aromatic rings. The molecule has 0 fully saturated rings. The predicted molar refractivity (Wildman–Crippen MR) is 70.4 cm³/mol. The largest absolute Gasteiger partial charge is 0.424 e. The Morgan fingerprint density at radius 1 is 1.24 bits per heavy atom. The van der Waals surface area contributed by atoms with E-state index in [1.165, 1.54) is 12.1 Å². The third-order valence-corrected chi connectivity index (χ3v) is 2.72. The highest BCUT2D eigenvalue weighted by atomic mass is 79.9. The molecule has 0 saturated heterocycles. The SMILES string of the molecule is N#Cc1ccc(Oc2nc(N)cc(Br)n2)c(C(F)(F)F)c1. The molecule has 2 N–H and O–H groups in total. The highest BCUT2D eigenvalue weighted by Crippen LogP contribution is 2.38. The van der Waals surface area contributed by atoms with E-state index >= 15 is 0 Å². The van der Waals surface area contributed by atoms with Crippen LogP contribution in [0.3, 0.4) is 0 Å². The van der Waals surface area contributed by atoms with Gasteiger partial charge in [0.25, 0.3) is 0 Å². The van der Waals surface area contributed by atoms with Crippen molar-refractivity contribution >= 4 is 21.7 Å². The number of rotatable bonds is 2. The lowest BCUT2D eigenvalue weighted by Gasteiger charge is -2.13. The zero-order valence-electron chi connectivity index (χ0n) is 10.1. The van der Waals surface area contributed by atoms with Gasteiger partial charge in [-0.2, -0.15) is 28.4 Å². The summed E-state index contributed by atoms with van der Waals surface area (Å²) in [6.45, 7) is 0. The molecule has 1 aromatic carbocycles. The van der Waals surface area contributed by atoms with Crippen LogP contribution in [0.5, 0.6) is 11.8 Å². The first-order chi connectivity index (χ1) is 9.79. The Balaban J connectivity index is 2.46. The molecule has 0 aliphatic rings. The summed E-state index contributed by atoms with van der Waals surface area (Å²) in [6.07, 6.45) is -4.68. The van der Waals surface area contributed by atoms with E-state index in [9.17, 15) is 13.2 Å². The van der Waals surface area contributed by atoms with Crippen molar-refractivity contribution in [2.45, 2.75) is 6.18 Å². The molecule has 1 heterocycles. The van der Waals surface area contributed by atoms with Crippen LogP contribution in [-0.2, 0) is 6.18 Å². The molecule has 0 unspecified atom stereocenters. The predicted octanol–water partition coefficient (Wildman–Crippen LogP) is 3.50. The van der Waals surface area contributed by atoms with Crippen LogP contribution in [0.4, 0.5) is 19.0 Å². The molecule has 2 rings (SSSR count). The molecule has 0 amide bonds. The molecule has 0 bridgehead atoms. The summed E-state index contributed by atoms with van der Waals surface area (Å²) in [6, 6.07) is 5.59. The molecule has 5 nitrogen and oxygen atoms in total. The van der Waals surface area contributed by atoms with Crippen molar-refractivity contribution in [3.63, 3.8) is 0 Å². The van der Waals surface area contributed by atoms with E-state index in [0.29, 0.717) is 6.07 Å². The molecule has 21 heavy (non-hydrogen) atoms. The van der Waals surface area contributed by atoms with Gasteiger partial charge in [-0.3, -0.25) is 0 Å². The van der Waals surface area contributed by atoms with Gasteiger partial charge in [0.1, 0.15) is 16.2 Å². The minimum absolute atomic E-state index is 0.0362. The second kappa shape index (κ2) is 5.57. The Hall–Kier alpha value is -2.34. The standard InChI is InChI=1S/C12H6BrF3N4O/c13-9-4-10(18)20-11(19-9)21-8-2-1-6(5-17)3-7(8)12(14,15)16/h1-4H,(H2,18,19,20). The Labute approximate surface area is 125 Å². The zero-order chi connectivity index (χ0) is 15.6. The van der Waals surface area contributed by atoms with E-state index in [0.717, 1.165) is 6.07 Å². The van der Waals surface area contributed by atoms with Crippen LogP contribution in [0.15, 0.2) is 28.9 Å². The van der Waals surface area contributed by atoms with Crippen LogP contribution in [0.2, 0.25) is 0 Å². The average Bonchev–Trinajstić information content (AvgIpc) is 2.36. The molecular weight excluding hydrogens is 353 g/mol. The van der Waals surface area contributed by atoms with Gasteiger partial charge in [-0.05, 0) is 34.1 Å². The van der Waals surface area contributed by atoms with Crippen molar-refractivity contribution in [2.24, 2.45) is 0 Å². The normalized spacial score (nSPS) is 11.0. The summed E-state index contributed by atoms with van der Waals surface area (Å²) in [5.41, 5.74) is 4.23. The van der Waals surface area contributed by atoms with Crippen molar-refractivity contribution in [1.82, 2.24) is 9.97 Å². The lowest BCUT2D eigenvalue weighted by atomic mass is 10.1.